The molecular weight excluding hydrogens is 355 g/mol. The highest BCUT2D eigenvalue weighted by molar-refractivity contribution is 7.99. The Hall–Kier alpha value is -1.24. The average molecular weight is 371 g/mol. The normalized spacial score (nSPS) is 18.4. The summed E-state index contributed by atoms with van der Waals surface area (Å²) in [6.07, 6.45) is 4.68. The molecule has 23 heavy (non-hydrogen) atoms. The molecule has 0 aromatic carbocycles. The maximum atomic E-state index is 12.6. The molecule has 0 spiro atoms. The van der Waals surface area contributed by atoms with Gasteiger partial charge in [-0.25, -0.2) is 9.67 Å². The minimum Gasteiger partial charge on any atom is -0.348 e. The first-order chi connectivity index (χ1) is 11.1. The Morgan fingerprint density at radius 2 is 2.22 bits per heavy atom. The minimum atomic E-state index is -0.206. The molecular formula is C15H16Cl2N4OS. The Labute approximate surface area is 148 Å². The van der Waals surface area contributed by atoms with Crippen LogP contribution in [0.1, 0.15) is 29.8 Å². The molecule has 3 rings (SSSR count). The number of carbonyl (C=O) groups is 1. The third-order valence-electron chi connectivity index (χ3n) is 3.64. The average Bonchev–Trinajstić information content (AvgIpc) is 2.75. The van der Waals surface area contributed by atoms with Gasteiger partial charge in [0, 0.05) is 18.3 Å². The number of hydrogen-bond acceptors (Lipinski definition) is 4. The molecule has 2 aromatic heterocycles. The zero-order chi connectivity index (χ0) is 16.2. The minimum absolute atomic E-state index is 0.179. The van der Waals surface area contributed by atoms with Gasteiger partial charge in [0.2, 0.25) is 0 Å². The molecule has 0 saturated carbocycles. The maximum absolute atomic E-state index is 12.6. The van der Waals surface area contributed by atoms with Gasteiger partial charge in [-0.2, -0.15) is 16.9 Å². The van der Waals surface area contributed by atoms with Gasteiger partial charge >= 0.3 is 0 Å². The van der Waals surface area contributed by atoms with Crippen LogP contribution in [0.2, 0.25) is 10.2 Å². The summed E-state index contributed by atoms with van der Waals surface area (Å²) in [5.41, 5.74) is 0.340. The van der Waals surface area contributed by atoms with Crippen molar-refractivity contribution in [1.82, 2.24) is 20.1 Å². The molecule has 2 aromatic rings. The Balaban J connectivity index is 1.85. The molecule has 1 unspecified atom stereocenters. The number of hydrogen-bond donors (Lipinski definition) is 1. The fourth-order valence-corrected chi connectivity index (χ4v) is 3.92. The van der Waals surface area contributed by atoms with E-state index in [9.17, 15) is 4.79 Å². The summed E-state index contributed by atoms with van der Waals surface area (Å²) in [7, 11) is 0. The lowest BCUT2D eigenvalue weighted by Crippen LogP contribution is -2.36. The molecule has 1 aliphatic heterocycles. The van der Waals surface area contributed by atoms with Crippen molar-refractivity contribution >= 4 is 40.9 Å². The van der Waals surface area contributed by atoms with E-state index in [2.05, 4.69) is 15.4 Å². The van der Waals surface area contributed by atoms with Crippen molar-refractivity contribution in [2.75, 3.05) is 11.5 Å². The molecule has 1 atom stereocenters. The number of nitrogens with zero attached hydrogens (tertiary/aromatic N) is 3. The number of nitrogens with one attached hydrogen (secondary N) is 1. The molecule has 8 heteroatoms. The van der Waals surface area contributed by atoms with Gasteiger partial charge in [0.25, 0.3) is 5.91 Å². The predicted octanol–water partition coefficient (Wildman–Crippen LogP) is 3.59. The van der Waals surface area contributed by atoms with Crippen molar-refractivity contribution in [2.24, 2.45) is 0 Å². The van der Waals surface area contributed by atoms with Crippen molar-refractivity contribution in [3.05, 3.63) is 40.3 Å². The fraction of sp³-hybridized carbons (Fsp3) is 0.400. The summed E-state index contributed by atoms with van der Waals surface area (Å²) in [5.74, 6) is 2.40. The third kappa shape index (κ3) is 4.00. The smallest absolute Gasteiger partial charge is 0.270 e. The summed E-state index contributed by atoms with van der Waals surface area (Å²) < 4.78 is 1.39. The van der Waals surface area contributed by atoms with Gasteiger partial charge in [0.15, 0.2) is 11.0 Å². The van der Waals surface area contributed by atoms with E-state index in [1.54, 1.807) is 18.3 Å². The number of pyridine rings is 1. The van der Waals surface area contributed by atoms with Gasteiger partial charge in [0.1, 0.15) is 5.69 Å². The number of carbonyl (C=O) groups excluding carboxylic acids is 1. The summed E-state index contributed by atoms with van der Waals surface area (Å²) in [5, 5.41) is 7.86. The Bertz CT molecular complexity index is 699. The highest BCUT2D eigenvalue weighted by Crippen LogP contribution is 2.22. The molecule has 1 saturated heterocycles. The summed E-state index contributed by atoms with van der Waals surface area (Å²) in [6.45, 7) is 0. The molecule has 0 radical (unpaired) electrons. The second-order valence-electron chi connectivity index (χ2n) is 5.29. The van der Waals surface area contributed by atoms with Crippen molar-refractivity contribution in [3.8, 4) is 5.82 Å². The zero-order valence-corrected chi connectivity index (χ0v) is 14.7. The summed E-state index contributed by atoms with van der Waals surface area (Å²) in [6, 6.07) is 5.13. The lowest BCUT2D eigenvalue weighted by molar-refractivity contribution is 0.0926. The van der Waals surface area contributed by atoms with Gasteiger partial charge in [-0.3, -0.25) is 4.79 Å². The second kappa shape index (κ2) is 7.55. The number of thioether (sulfide) groups is 1. The Morgan fingerprint density at radius 1 is 1.35 bits per heavy atom. The SMILES string of the molecule is O=C(NC1CCCSCC1)c1cc(Cl)nn1-c1ncccc1Cl. The van der Waals surface area contributed by atoms with Crippen molar-refractivity contribution in [2.45, 2.75) is 25.3 Å². The number of aromatic nitrogens is 3. The van der Waals surface area contributed by atoms with Gasteiger partial charge in [0.05, 0.1) is 5.02 Å². The lowest BCUT2D eigenvalue weighted by Gasteiger charge is -2.16. The quantitative estimate of drug-likeness (QED) is 0.896. The number of halogens is 2. The summed E-state index contributed by atoms with van der Waals surface area (Å²) >= 11 is 14.1. The van der Waals surface area contributed by atoms with Crippen LogP contribution in [0.3, 0.4) is 0 Å². The van der Waals surface area contributed by atoms with Gasteiger partial charge < -0.3 is 5.32 Å². The predicted molar refractivity (Wildman–Crippen MR) is 93.8 cm³/mol. The molecule has 1 aliphatic rings. The molecule has 3 heterocycles. The molecule has 122 valence electrons. The van der Waals surface area contributed by atoms with E-state index < -0.39 is 0 Å². The fourth-order valence-electron chi connectivity index (χ4n) is 2.52. The van der Waals surface area contributed by atoms with Gasteiger partial charge in [-0.05, 0) is 42.9 Å². The molecule has 1 fully saturated rings. The van der Waals surface area contributed by atoms with E-state index >= 15 is 0 Å². The van der Waals surface area contributed by atoms with Crippen molar-refractivity contribution in [3.63, 3.8) is 0 Å². The van der Waals surface area contributed by atoms with E-state index in [4.69, 9.17) is 23.2 Å². The lowest BCUT2D eigenvalue weighted by atomic mass is 10.1. The van der Waals surface area contributed by atoms with Crippen LogP contribution >= 0.6 is 35.0 Å². The molecule has 0 aliphatic carbocycles. The first-order valence-corrected chi connectivity index (χ1v) is 9.31. The van der Waals surface area contributed by atoms with E-state index in [-0.39, 0.29) is 17.1 Å². The largest absolute Gasteiger partial charge is 0.348 e. The van der Waals surface area contributed by atoms with E-state index in [1.807, 2.05) is 11.8 Å². The Kier molecular flexibility index (Phi) is 5.46. The van der Waals surface area contributed by atoms with Crippen LogP contribution in [-0.2, 0) is 0 Å². The molecule has 1 amide bonds. The highest BCUT2D eigenvalue weighted by Gasteiger charge is 2.21. The molecule has 1 N–H and O–H groups in total. The van der Waals surface area contributed by atoms with E-state index in [0.29, 0.717) is 16.5 Å². The first-order valence-electron chi connectivity index (χ1n) is 7.40. The van der Waals surface area contributed by atoms with Crippen molar-refractivity contribution in [1.29, 1.82) is 0 Å². The standard InChI is InChI=1S/C15H16Cl2N4OS/c16-11-4-1-6-18-14(11)21-12(9-13(17)20-21)15(22)19-10-3-2-7-23-8-5-10/h1,4,6,9-10H,2-3,5,7-8H2,(H,19,22). The topological polar surface area (TPSA) is 59.8 Å². The number of amides is 1. The molecule has 5 nitrogen and oxygen atoms in total. The van der Waals surface area contributed by atoms with Gasteiger partial charge in [-0.1, -0.05) is 23.2 Å². The van der Waals surface area contributed by atoms with E-state index in [1.165, 1.54) is 10.7 Å². The van der Waals surface area contributed by atoms with Crippen LogP contribution in [0.4, 0.5) is 0 Å². The van der Waals surface area contributed by atoms with Crippen LogP contribution < -0.4 is 5.32 Å². The van der Waals surface area contributed by atoms with Gasteiger partial charge in [-0.15, -0.1) is 0 Å². The second-order valence-corrected chi connectivity index (χ2v) is 7.31. The van der Waals surface area contributed by atoms with Crippen LogP contribution in [0.25, 0.3) is 5.82 Å². The third-order valence-corrected chi connectivity index (χ3v) is 5.22. The van der Waals surface area contributed by atoms with E-state index in [0.717, 1.165) is 30.8 Å². The first kappa shape index (κ1) is 16.6. The van der Waals surface area contributed by atoms with Crippen LogP contribution in [0.5, 0.6) is 0 Å². The zero-order valence-electron chi connectivity index (χ0n) is 12.3. The van der Waals surface area contributed by atoms with Crippen LogP contribution in [0, 0.1) is 0 Å². The summed E-state index contributed by atoms with van der Waals surface area (Å²) in [4.78, 5) is 16.8. The number of rotatable bonds is 3. The van der Waals surface area contributed by atoms with Crippen LogP contribution in [0.15, 0.2) is 24.4 Å². The maximum Gasteiger partial charge on any atom is 0.270 e. The highest BCUT2D eigenvalue weighted by atomic mass is 35.5. The van der Waals surface area contributed by atoms with Crippen LogP contribution in [-0.4, -0.2) is 38.2 Å². The Morgan fingerprint density at radius 3 is 3.04 bits per heavy atom. The molecule has 0 bridgehead atoms. The monoisotopic (exact) mass is 370 g/mol. The van der Waals surface area contributed by atoms with Crippen molar-refractivity contribution < 1.29 is 4.79 Å².